The van der Waals surface area contributed by atoms with Gasteiger partial charge in [0.2, 0.25) is 21.8 Å². The van der Waals surface area contributed by atoms with Gasteiger partial charge in [0.15, 0.2) is 0 Å². The SMILES string of the molecule is O=C(CN1CCN(C(=O)CN2CCOCC2)CC1)Nc1cccc(S(=O)(=O)N2CCCC2)c1. The lowest BCUT2D eigenvalue weighted by molar-refractivity contribution is -0.135. The van der Waals surface area contributed by atoms with E-state index in [9.17, 15) is 18.0 Å². The molecule has 0 atom stereocenters. The third-order valence-corrected chi connectivity index (χ3v) is 8.27. The first-order chi connectivity index (χ1) is 15.9. The first-order valence-electron chi connectivity index (χ1n) is 11.6. The lowest BCUT2D eigenvalue weighted by Crippen LogP contribution is -2.53. The highest BCUT2D eigenvalue weighted by Crippen LogP contribution is 2.23. The molecule has 2 amide bonds. The van der Waals surface area contributed by atoms with Gasteiger partial charge in [-0.2, -0.15) is 4.31 Å². The molecule has 1 aromatic rings. The molecule has 3 heterocycles. The number of nitrogens with one attached hydrogen (secondary N) is 1. The molecule has 0 radical (unpaired) electrons. The van der Waals surface area contributed by atoms with Crippen molar-refractivity contribution in [2.45, 2.75) is 17.7 Å². The van der Waals surface area contributed by atoms with Crippen molar-refractivity contribution < 1.29 is 22.7 Å². The van der Waals surface area contributed by atoms with Crippen LogP contribution in [0.3, 0.4) is 0 Å². The topological polar surface area (TPSA) is 102 Å². The van der Waals surface area contributed by atoms with Gasteiger partial charge in [-0.1, -0.05) is 6.07 Å². The number of morpholine rings is 1. The summed E-state index contributed by atoms with van der Waals surface area (Å²) in [5, 5.41) is 2.82. The number of hydrogen-bond donors (Lipinski definition) is 1. The van der Waals surface area contributed by atoms with Crippen molar-refractivity contribution in [2.75, 3.05) is 84.0 Å². The van der Waals surface area contributed by atoms with E-state index in [0.29, 0.717) is 64.7 Å². The zero-order chi connectivity index (χ0) is 23.3. The fourth-order valence-electron chi connectivity index (χ4n) is 4.42. The summed E-state index contributed by atoms with van der Waals surface area (Å²) in [6, 6.07) is 6.44. The Labute approximate surface area is 195 Å². The van der Waals surface area contributed by atoms with Crippen LogP contribution < -0.4 is 5.32 Å². The van der Waals surface area contributed by atoms with Crippen molar-refractivity contribution in [1.82, 2.24) is 19.0 Å². The molecule has 3 fully saturated rings. The molecule has 33 heavy (non-hydrogen) atoms. The van der Waals surface area contributed by atoms with E-state index in [0.717, 1.165) is 25.9 Å². The van der Waals surface area contributed by atoms with Crippen LogP contribution in [0.15, 0.2) is 29.2 Å². The maximum atomic E-state index is 12.8. The Morgan fingerprint density at radius 1 is 0.879 bits per heavy atom. The number of piperazine rings is 1. The molecule has 3 aliphatic rings. The molecule has 0 aliphatic carbocycles. The summed E-state index contributed by atoms with van der Waals surface area (Å²) >= 11 is 0. The highest BCUT2D eigenvalue weighted by molar-refractivity contribution is 7.89. The molecule has 0 aromatic heterocycles. The molecular formula is C22H33N5O5S. The first kappa shape index (κ1) is 24.1. The van der Waals surface area contributed by atoms with Crippen molar-refractivity contribution >= 4 is 27.5 Å². The molecule has 1 N–H and O–H groups in total. The van der Waals surface area contributed by atoms with Crippen molar-refractivity contribution in [3.8, 4) is 0 Å². The molecule has 0 spiro atoms. The standard InChI is InChI=1S/C22H33N5O5S/c28-21(23-19-4-3-5-20(16-19)33(30,31)27-6-1-2-7-27)17-24-8-10-26(11-9-24)22(29)18-25-12-14-32-15-13-25/h3-5,16H,1-2,6-15,17-18H2,(H,23,28). The van der Waals surface area contributed by atoms with Crippen molar-refractivity contribution in [2.24, 2.45) is 0 Å². The molecule has 3 saturated heterocycles. The second kappa shape index (κ2) is 10.9. The average molecular weight is 480 g/mol. The smallest absolute Gasteiger partial charge is 0.243 e. The van der Waals surface area contributed by atoms with E-state index in [1.54, 1.807) is 18.2 Å². The average Bonchev–Trinajstić information content (AvgIpc) is 3.36. The van der Waals surface area contributed by atoms with Crippen molar-refractivity contribution in [3.05, 3.63) is 24.3 Å². The first-order valence-corrected chi connectivity index (χ1v) is 13.1. The second-order valence-corrected chi connectivity index (χ2v) is 10.7. The molecule has 182 valence electrons. The van der Waals surface area contributed by atoms with Gasteiger partial charge in [-0.05, 0) is 31.0 Å². The Hall–Kier alpha value is -2.05. The van der Waals surface area contributed by atoms with Gasteiger partial charge < -0.3 is 15.0 Å². The zero-order valence-electron chi connectivity index (χ0n) is 18.9. The Balaban J connectivity index is 1.24. The highest BCUT2D eigenvalue weighted by Gasteiger charge is 2.28. The van der Waals surface area contributed by atoms with Crippen LogP contribution >= 0.6 is 0 Å². The van der Waals surface area contributed by atoms with Crippen LogP contribution in [0.4, 0.5) is 5.69 Å². The highest BCUT2D eigenvalue weighted by atomic mass is 32.2. The lowest BCUT2D eigenvalue weighted by atomic mass is 10.2. The minimum Gasteiger partial charge on any atom is -0.379 e. The van der Waals surface area contributed by atoms with Crippen LogP contribution in [0.25, 0.3) is 0 Å². The van der Waals surface area contributed by atoms with Crippen LogP contribution in [0.2, 0.25) is 0 Å². The molecule has 0 unspecified atom stereocenters. The number of anilines is 1. The van der Waals surface area contributed by atoms with Crippen LogP contribution in [0, 0.1) is 0 Å². The minimum atomic E-state index is -3.53. The summed E-state index contributed by atoms with van der Waals surface area (Å²) in [4.78, 5) is 31.3. The molecule has 0 saturated carbocycles. The molecular weight excluding hydrogens is 446 g/mol. The quantitative estimate of drug-likeness (QED) is 0.582. The second-order valence-electron chi connectivity index (χ2n) is 8.73. The Kier molecular flexibility index (Phi) is 7.97. The third-order valence-electron chi connectivity index (χ3n) is 6.38. The number of ether oxygens (including phenoxy) is 1. The number of carbonyl (C=O) groups is 2. The van der Waals surface area contributed by atoms with Crippen molar-refractivity contribution in [3.63, 3.8) is 0 Å². The van der Waals surface area contributed by atoms with Crippen molar-refractivity contribution in [1.29, 1.82) is 0 Å². The number of carbonyl (C=O) groups excluding carboxylic acids is 2. The van der Waals surface area contributed by atoms with E-state index in [1.165, 1.54) is 10.4 Å². The molecule has 4 rings (SSSR count). The van der Waals surface area contributed by atoms with Gasteiger partial charge in [0, 0.05) is 58.0 Å². The van der Waals surface area contributed by atoms with E-state index in [-0.39, 0.29) is 23.3 Å². The van der Waals surface area contributed by atoms with Gasteiger partial charge in [0.1, 0.15) is 0 Å². The van der Waals surface area contributed by atoms with Crippen LogP contribution in [-0.4, -0.2) is 118 Å². The van der Waals surface area contributed by atoms with Gasteiger partial charge in [-0.15, -0.1) is 0 Å². The monoisotopic (exact) mass is 479 g/mol. The predicted octanol–water partition coefficient (Wildman–Crippen LogP) is -0.114. The predicted molar refractivity (Wildman–Crippen MR) is 123 cm³/mol. The summed E-state index contributed by atoms with van der Waals surface area (Å²) in [6.07, 6.45) is 1.75. The number of rotatable bonds is 7. The van der Waals surface area contributed by atoms with E-state index >= 15 is 0 Å². The van der Waals surface area contributed by atoms with E-state index < -0.39 is 10.0 Å². The van der Waals surface area contributed by atoms with E-state index in [4.69, 9.17) is 4.74 Å². The number of hydrogen-bond acceptors (Lipinski definition) is 7. The van der Waals surface area contributed by atoms with E-state index in [2.05, 4.69) is 10.2 Å². The fraction of sp³-hybridized carbons (Fsp3) is 0.636. The third kappa shape index (κ3) is 6.30. The summed E-state index contributed by atoms with van der Waals surface area (Å²) < 4.78 is 32.3. The Morgan fingerprint density at radius 2 is 1.55 bits per heavy atom. The van der Waals surface area contributed by atoms with Gasteiger partial charge in [-0.3, -0.25) is 19.4 Å². The number of sulfonamides is 1. The maximum Gasteiger partial charge on any atom is 0.243 e. The summed E-state index contributed by atoms with van der Waals surface area (Å²) in [7, 11) is -3.53. The summed E-state index contributed by atoms with van der Waals surface area (Å²) in [6.45, 7) is 7.07. The van der Waals surface area contributed by atoms with Gasteiger partial charge in [-0.25, -0.2) is 8.42 Å². The zero-order valence-corrected chi connectivity index (χ0v) is 19.8. The molecule has 1 aromatic carbocycles. The maximum absolute atomic E-state index is 12.8. The van der Waals surface area contributed by atoms with Crippen LogP contribution in [-0.2, 0) is 24.3 Å². The van der Waals surface area contributed by atoms with Gasteiger partial charge in [0.05, 0.1) is 31.2 Å². The fourth-order valence-corrected chi connectivity index (χ4v) is 5.98. The van der Waals surface area contributed by atoms with Crippen LogP contribution in [0.1, 0.15) is 12.8 Å². The number of benzene rings is 1. The molecule has 0 bridgehead atoms. The normalized spacial score (nSPS) is 21.3. The molecule has 11 heteroatoms. The molecule has 3 aliphatic heterocycles. The largest absolute Gasteiger partial charge is 0.379 e. The van der Waals surface area contributed by atoms with Gasteiger partial charge >= 0.3 is 0 Å². The van der Waals surface area contributed by atoms with E-state index in [1.807, 2.05) is 9.80 Å². The minimum absolute atomic E-state index is 0.122. The number of amides is 2. The summed E-state index contributed by atoms with van der Waals surface area (Å²) in [5.41, 5.74) is 0.472. The van der Waals surface area contributed by atoms with Crippen LogP contribution in [0.5, 0.6) is 0 Å². The Bertz CT molecular complexity index is 936. The number of nitrogens with zero attached hydrogens (tertiary/aromatic N) is 4. The van der Waals surface area contributed by atoms with Gasteiger partial charge in [0.25, 0.3) is 0 Å². The molecule has 10 nitrogen and oxygen atoms in total. The summed E-state index contributed by atoms with van der Waals surface area (Å²) in [5.74, 6) is -0.0733. The lowest BCUT2D eigenvalue weighted by Gasteiger charge is -2.36. The Morgan fingerprint density at radius 3 is 2.24 bits per heavy atom.